The highest BCUT2D eigenvalue weighted by atomic mass is 32.2. The summed E-state index contributed by atoms with van der Waals surface area (Å²) in [5.41, 5.74) is 4.68. The molecule has 0 spiro atoms. The van der Waals surface area contributed by atoms with Crippen LogP contribution >= 0.6 is 11.8 Å². The first-order valence-electron chi connectivity index (χ1n) is 9.60. The van der Waals surface area contributed by atoms with E-state index >= 15 is 0 Å². The van der Waals surface area contributed by atoms with Crippen molar-refractivity contribution in [3.05, 3.63) is 89.4 Å². The van der Waals surface area contributed by atoms with Crippen molar-refractivity contribution in [3.8, 4) is 0 Å². The third-order valence-corrected chi connectivity index (χ3v) is 5.91. The lowest BCUT2D eigenvalue weighted by Gasteiger charge is -2.19. The number of carbonyl (C=O) groups excluding carboxylic acids is 1. The van der Waals surface area contributed by atoms with E-state index in [9.17, 15) is 4.79 Å². The van der Waals surface area contributed by atoms with Gasteiger partial charge in [0.2, 0.25) is 0 Å². The Morgan fingerprint density at radius 2 is 1.93 bits per heavy atom. The lowest BCUT2D eigenvalue weighted by molar-refractivity contribution is 0.0956. The maximum absolute atomic E-state index is 12.3. The molecular formula is C23H24N2O2S. The quantitative estimate of drug-likeness (QED) is 0.573. The summed E-state index contributed by atoms with van der Waals surface area (Å²) in [7, 11) is 0. The highest BCUT2D eigenvalue weighted by Crippen LogP contribution is 2.28. The molecule has 4 rings (SSSR count). The van der Waals surface area contributed by atoms with E-state index in [4.69, 9.17) is 4.42 Å². The van der Waals surface area contributed by atoms with E-state index in [1.807, 2.05) is 24.3 Å². The van der Waals surface area contributed by atoms with E-state index in [0.717, 1.165) is 36.8 Å². The van der Waals surface area contributed by atoms with Crippen LogP contribution in [0.4, 0.5) is 5.69 Å². The Labute approximate surface area is 169 Å². The number of benzene rings is 2. The Balaban J connectivity index is 1.23. The molecule has 1 aromatic heterocycles. The van der Waals surface area contributed by atoms with Gasteiger partial charge in [0.1, 0.15) is 5.76 Å². The van der Waals surface area contributed by atoms with E-state index in [-0.39, 0.29) is 5.91 Å². The van der Waals surface area contributed by atoms with Gasteiger partial charge in [-0.05, 0) is 47.9 Å². The van der Waals surface area contributed by atoms with Crippen molar-refractivity contribution in [1.29, 1.82) is 0 Å². The second-order valence-electron chi connectivity index (χ2n) is 6.89. The van der Waals surface area contributed by atoms with Crippen LogP contribution < -0.4 is 10.2 Å². The maximum Gasteiger partial charge on any atom is 0.251 e. The SMILES string of the molecule is O=C(NCCSCc1ccco1)c1ccc(CN2CCc3ccccc32)cc1. The monoisotopic (exact) mass is 392 g/mol. The van der Waals surface area contributed by atoms with Crippen molar-refractivity contribution in [2.45, 2.75) is 18.7 Å². The third-order valence-electron chi connectivity index (χ3n) is 4.93. The zero-order valence-corrected chi connectivity index (χ0v) is 16.6. The number of carbonyl (C=O) groups is 1. The molecule has 144 valence electrons. The first-order valence-corrected chi connectivity index (χ1v) is 10.8. The number of furan rings is 1. The van der Waals surface area contributed by atoms with Crippen molar-refractivity contribution >= 4 is 23.4 Å². The summed E-state index contributed by atoms with van der Waals surface area (Å²) in [6.45, 7) is 2.58. The van der Waals surface area contributed by atoms with Gasteiger partial charge in [0, 0.05) is 36.6 Å². The van der Waals surface area contributed by atoms with Crippen LogP contribution in [-0.4, -0.2) is 24.7 Å². The van der Waals surface area contributed by atoms with Gasteiger partial charge in [0.15, 0.2) is 0 Å². The molecule has 0 fully saturated rings. The summed E-state index contributed by atoms with van der Waals surface area (Å²) >= 11 is 1.75. The Bertz CT molecular complexity index is 907. The molecular weight excluding hydrogens is 368 g/mol. The molecule has 0 atom stereocenters. The topological polar surface area (TPSA) is 45.5 Å². The molecule has 0 aliphatic carbocycles. The highest BCUT2D eigenvalue weighted by molar-refractivity contribution is 7.98. The zero-order chi connectivity index (χ0) is 19.2. The van der Waals surface area contributed by atoms with E-state index < -0.39 is 0 Å². The number of hydrogen-bond donors (Lipinski definition) is 1. The predicted octanol–water partition coefficient (Wildman–Crippen LogP) is 4.51. The standard InChI is InChI=1S/C23H24N2O2S/c26-23(24-12-15-28-17-21-5-3-14-27-21)20-9-7-18(8-10-20)16-25-13-11-19-4-1-2-6-22(19)25/h1-10,14H,11-13,15-17H2,(H,24,26). The van der Waals surface area contributed by atoms with Crippen molar-refractivity contribution in [2.75, 3.05) is 23.7 Å². The Hall–Kier alpha value is -2.66. The second-order valence-corrected chi connectivity index (χ2v) is 7.99. The number of hydrogen-bond acceptors (Lipinski definition) is 4. The highest BCUT2D eigenvalue weighted by Gasteiger charge is 2.18. The molecule has 0 saturated carbocycles. The summed E-state index contributed by atoms with van der Waals surface area (Å²) in [6, 6.07) is 20.4. The molecule has 1 aliphatic heterocycles. The van der Waals surface area contributed by atoms with Crippen molar-refractivity contribution in [2.24, 2.45) is 0 Å². The van der Waals surface area contributed by atoms with Crippen LogP contribution in [0, 0.1) is 0 Å². The molecule has 1 aliphatic rings. The van der Waals surface area contributed by atoms with Crippen LogP contribution in [0.5, 0.6) is 0 Å². The zero-order valence-electron chi connectivity index (χ0n) is 15.8. The van der Waals surface area contributed by atoms with E-state index in [2.05, 4.69) is 46.6 Å². The summed E-state index contributed by atoms with van der Waals surface area (Å²) in [6.07, 6.45) is 2.79. The smallest absolute Gasteiger partial charge is 0.251 e. The van der Waals surface area contributed by atoms with Crippen LogP contribution in [-0.2, 0) is 18.7 Å². The number of anilines is 1. The molecule has 0 radical (unpaired) electrons. The van der Waals surface area contributed by atoms with Gasteiger partial charge in [0.25, 0.3) is 5.91 Å². The molecule has 0 unspecified atom stereocenters. The van der Waals surface area contributed by atoms with Gasteiger partial charge < -0.3 is 14.6 Å². The fourth-order valence-corrected chi connectivity index (χ4v) is 4.22. The summed E-state index contributed by atoms with van der Waals surface area (Å²) < 4.78 is 5.30. The lowest BCUT2D eigenvalue weighted by atomic mass is 10.1. The predicted molar refractivity (Wildman–Crippen MR) is 115 cm³/mol. The van der Waals surface area contributed by atoms with Gasteiger partial charge in [-0.15, -0.1) is 0 Å². The Kier molecular flexibility index (Phi) is 6.02. The molecule has 4 nitrogen and oxygen atoms in total. The average Bonchev–Trinajstić information content (AvgIpc) is 3.39. The summed E-state index contributed by atoms with van der Waals surface area (Å²) in [4.78, 5) is 14.7. The minimum absolute atomic E-state index is 0.0170. The molecule has 28 heavy (non-hydrogen) atoms. The van der Waals surface area contributed by atoms with Crippen LogP contribution in [0.1, 0.15) is 27.2 Å². The van der Waals surface area contributed by atoms with Crippen molar-refractivity contribution in [3.63, 3.8) is 0 Å². The molecule has 2 aromatic carbocycles. The molecule has 2 heterocycles. The van der Waals surface area contributed by atoms with Gasteiger partial charge in [-0.2, -0.15) is 11.8 Å². The normalized spacial score (nSPS) is 12.8. The molecule has 0 bridgehead atoms. The number of rotatable bonds is 8. The van der Waals surface area contributed by atoms with Crippen LogP contribution in [0.3, 0.4) is 0 Å². The van der Waals surface area contributed by atoms with Crippen molar-refractivity contribution in [1.82, 2.24) is 5.32 Å². The van der Waals surface area contributed by atoms with Gasteiger partial charge in [-0.1, -0.05) is 30.3 Å². The van der Waals surface area contributed by atoms with Gasteiger partial charge in [0.05, 0.1) is 12.0 Å². The summed E-state index contributed by atoms with van der Waals surface area (Å²) in [5.74, 6) is 2.64. The third kappa shape index (κ3) is 4.60. The lowest BCUT2D eigenvalue weighted by Crippen LogP contribution is -2.25. The van der Waals surface area contributed by atoms with Crippen LogP contribution in [0.2, 0.25) is 0 Å². The van der Waals surface area contributed by atoms with Gasteiger partial charge in [-0.3, -0.25) is 4.79 Å². The van der Waals surface area contributed by atoms with Gasteiger partial charge >= 0.3 is 0 Å². The van der Waals surface area contributed by atoms with Crippen LogP contribution in [0.25, 0.3) is 0 Å². The molecule has 1 N–H and O–H groups in total. The summed E-state index contributed by atoms with van der Waals surface area (Å²) in [5, 5.41) is 2.98. The maximum atomic E-state index is 12.3. The molecule has 1 amide bonds. The number of fused-ring (bicyclic) bond motifs is 1. The Morgan fingerprint density at radius 1 is 1.07 bits per heavy atom. The second kappa shape index (κ2) is 9.02. The van der Waals surface area contributed by atoms with Crippen LogP contribution in [0.15, 0.2) is 71.3 Å². The largest absolute Gasteiger partial charge is 0.468 e. The fraction of sp³-hybridized carbons (Fsp3) is 0.261. The molecule has 3 aromatic rings. The number of para-hydroxylation sites is 1. The number of amides is 1. The fourth-order valence-electron chi connectivity index (χ4n) is 3.46. The first kappa shape index (κ1) is 18.7. The number of nitrogens with one attached hydrogen (secondary N) is 1. The average molecular weight is 393 g/mol. The Morgan fingerprint density at radius 3 is 2.75 bits per heavy atom. The molecule has 0 saturated heterocycles. The van der Waals surface area contributed by atoms with E-state index in [1.165, 1.54) is 16.8 Å². The van der Waals surface area contributed by atoms with E-state index in [1.54, 1.807) is 18.0 Å². The number of nitrogens with zero attached hydrogens (tertiary/aromatic N) is 1. The molecule has 5 heteroatoms. The number of thioether (sulfide) groups is 1. The van der Waals surface area contributed by atoms with E-state index in [0.29, 0.717) is 12.1 Å². The minimum atomic E-state index is -0.0170. The first-order chi connectivity index (χ1) is 13.8. The minimum Gasteiger partial charge on any atom is -0.468 e. The van der Waals surface area contributed by atoms with Gasteiger partial charge in [-0.25, -0.2) is 0 Å². The van der Waals surface area contributed by atoms with Crippen molar-refractivity contribution < 1.29 is 9.21 Å².